The molecule has 0 radical (unpaired) electrons. The first-order valence-corrected chi connectivity index (χ1v) is 5.98. The van der Waals surface area contributed by atoms with E-state index in [0.29, 0.717) is 12.5 Å². The number of ether oxygens (including phenoxy) is 1. The SMILES string of the molecule is O=C(COc1cc(F)cc(C(=O)O)c1)NCC1CC1. The fraction of sp³-hybridized carbons (Fsp3) is 0.385. The van der Waals surface area contributed by atoms with Crippen LogP contribution in [0.4, 0.5) is 4.39 Å². The van der Waals surface area contributed by atoms with Crippen LogP contribution in [0.25, 0.3) is 0 Å². The van der Waals surface area contributed by atoms with E-state index in [1.807, 2.05) is 0 Å². The maximum absolute atomic E-state index is 13.1. The van der Waals surface area contributed by atoms with Gasteiger partial charge in [0.25, 0.3) is 5.91 Å². The minimum Gasteiger partial charge on any atom is -0.484 e. The molecule has 0 bridgehead atoms. The summed E-state index contributed by atoms with van der Waals surface area (Å²) in [7, 11) is 0. The molecule has 0 aliphatic heterocycles. The van der Waals surface area contributed by atoms with E-state index in [1.54, 1.807) is 0 Å². The number of carbonyl (C=O) groups is 2. The van der Waals surface area contributed by atoms with Crippen LogP contribution in [0, 0.1) is 11.7 Å². The smallest absolute Gasteiger partial charge is 0.335 e. The van der Waals surface area contributed by atoms with Crippen molar-refractivity contribution < 1.29 is 23.8 Å². The third-order valence-electron chi connectivity index (χ3n) is 2.77. The zero-order valence-corrected chi connectivity index (χ0v) is 10.2. The molecule has 2 rings (SSSR count). The van der Waals surface area contributed by atoms with Crippen LogP contribution >= 0.6 is 0 Å². The van der Waals surface area contributed by atoms with E-state index in [2.05, 4.69) is 5.32 Å². The van der Waals surface area contributed by atoms with Crippen LogP contribution in [0.2, 0.25) is 0 Å². The maximum atomic E-state index is 13.1. The highest BCUT2D eigenvalue weighted by atomic mass is 19.1. The monoisotopic (exact) mass is 267 g/mol. The van der Waals surface area contributed by atoms with Crippen LogP contribution in [-0.4, -0.2) is 30.1 Å². The molecule has 1 aliphatic carbocycles. The molecule has 102 valence electrons. The van der Waals surface area contributed by atoms with Gasteiger partial charge in [0.1, 0.15) is 11.6 Å². The lowest BCUT2D eigenvalue weighted by atomic mass is 10.2. The molecule has 1 aliphatic rings. The van der Waals surface area contributed by atoms with Crippen molar-refractivity contribution >= 4 is 11.9 Å². The second-order valence-corrected chi connectivity index (χ2v) is 4.52. The van der Waals surface area contributed by atoms with E-state index < -0.39 is 11.8 Å². The lowest BCUT2D eigenvalue weighted by Gasteiger charge is -2.08. The van der Waals surface area contributed by atoms with Crippen molar-refractivity contribution in [3.63, 3.8) is 0 Å². The van der Waals surface area contributed by atoms with Crippen LogP contribution in [0.1, 0.15) is 23.2 Å². The van der Waals surface area contributed by atoms with Gasteiger partial charge < -0.3 is 15.2 Å². The van der Waals surface area contributed by atoms with E-state index in [1.165, 1.54) is 6.07 Å². The quantitative estimate of drug-likeness (QED) is 0.817. The Morgan fingerprint density at radius 1 is 1.37 bits per heavy atom. The first-order valence-electron chi connectivity index (χ1n) is 5.98. The minimum absolute atomic E-state index is 0.0268. The first-order chi connectivity index (χ1) is 9.04. The van der Waals surface area contributed by atoms with Crippen molar-refractivity contribution in [1.82, 2.24) is 5.32 Å². The van der Waals surface area contributed by atoms with Gasteiger partial charge in [-0.25, -0.2) is 9.18 Å². The Morgan fingerprint density at radius 2 is 2.11 bits per heavy atom. The standard InChI is InChI=1S/C13H14FNO4/c14-10-3-9(13(17)18)4-11(5-10)19-7-12(16)15-6-8-1-2-8/h3-5,8H,1-2,6-7H2,(H,15,16)(H,17,18). The molecule has 1 fully saturated rings. The van der Waals surface area contributed by atoms with E-state index >= 15 is 0 Å². The fourth-order valence-electron chi connectivity index (χ4n) is 1.55. The van der Waals surface area contributed by atoms with E-state index in [0.717, 1.165) is 25.0 Å². The summed E-state index contributed by atoms with van der Waals surface area (Å²) in [5.74, 6) is -1.67. The van der Waals surface area contributed by atoms with Gasteiger partial charge in [0.2, 0.25) is 0 Å². The summed E-state index contributed by atoms with van der Waals surface area (Å²) in [6.07, 6.45) is 2.26. The summed E-state index contributed by atoms with van der Waals surface area (Å²) in [6, 6.07) is 3.11. The largest absolute Gasteiger partial charge is 0.484 e. The van der Waals surface area contributed by atoms with E-state index in [9.17, 15) is 14.0 Å². The number of nitrogens with one attached hydrogen (secondary N) is 1. The topological polar surface area (TPSA) is 75.6 Å². The first kappa shape index (κ1) is 13.3. The molecule has 2 N–H and O–H groups in total. The summed E-state index contributed by atoms with van der Waals surface area (Å²) in [5.41, 5.74) is -0.214. The van der Waals surface area contributed by atoms with Gasteiger partial charge in [0, 0.05) is 12.6 Å². The van der Waals surface area contributed by atoms with E-state index in [4.69, 9.17) is 9.84 Å². The van der Waals surface area contributed by atoms with Gasteiger partial charge in [-0.05, 0) is 30.9 Å². The Morgan fingerprint density at radius 3 is 2.74 bits per heavy atom. The molecule has 0 aromatic heterocycles. The average Bonchev–Trinajstić information content (AvgIpc) is 3.17. The molecule has 0 heterocycles. The highest BCUT2D eigenvalue weighted by Gasteiger charge is 2.21. The number of hydrogen-bond donors (Lipinski definition) is 2. The number of aromatic carboxylic acids is 1. The van der Waals surface area contributed by atoms with Gasteiger partial charge in [-0.1, -0.05) is 0 Å². The third-order valence-corrected chi connectivity index (χ3v) is 2.77. The summed E-state index contributed by atoms with van der Waals surface area (Å²) >= 11 is 0. The van der Waals surface area contributed by atoms with Crippen molar-refractivity contribution in [2.24, 2.45) is 5.92 Å². The number of halogens is 1. The number of carbonyl (C=O) groups excluding carboxylic acids is 1. The van der Waals surface area contributed by atoms with Crippen LogP contribution in [0.5, 0.6) is 5.75 Å². The van der Waals surface area contributed by atoms with Gasteiger partial charge in [-0.2, -0.15) is 0 Å². The molecule has 1 amide bonds. The van der Waals surface area contributed by atoms with Gasteiger partial charge in [0.05, 0.1) is 5.56 Å². The predicted molar refractivity (Wildman–Crippen MR) is 64.6 cm³/mol. The van der Waals surface area contributed by atoms with Crippen molar-refractivity contribution in [2.75, 3.05) is 13.2 Å². The van der Waals surface area contributed by atoms with Gasteiger partial charge in [0.15, 0.2) is 6.61 Å². The summed E-state index contributed by atoms with van der Waals surface area (Å²) in [5, 5.41) is 11.5. The Kier molecular flexibility index (Phi) is 3.99. The Balaban J connectivity index is 1.87. The average molecular weight is 267 g/mol. The van der Waals surface area contributed by atoms with Crippen LogP contribution < -0.4 is 10.1 Å². The molecule has 0 atom stereocenters. The number of benzene rings is 1. The molecule has 0 saturated heterocycles. The molecule has 1 saturated carbocycles. The Bertz CT molecular complexity index is 499. The van der Waals surface area contributed by atoms with Crippen molar-refractivity contribution in [3.05, 3.63) is 29.6 Å². The van der Waals surface area contributed by atoms with Crippen molar-refractivity contribution in [1.29, 1.82) is 0 Å². The fourth-order valence-corrected chi connectivity index (χ4v) is 1.55. The lowest BCUT2D eigenvalue weighted by molar-refractivity contribution is -0.123. The molecule has 0 spiro atoms. The van der Waals surface area contributed by atoms with Crippen molar-refractivity contribution in [2.45, 2.75) is 12.8 Å². The maximum Gasteiger partial charge on any atom is 0.335 e. The summed E-state index contributed by atoms with van der Waals surface area (Å²) in [6.45, 7) is 0.376. The van der Waals surface area contributed by atoms with Crippen LogP contribution in [-0.2, 0) is 4.79 Å². The number of carboxylic acids is 1. The second-order valence-electron chi connectivity index (χ2n) is 4.52. The molecule has 19 heavy (non-hydrogen) atoms. The molecular weight excluding hydrogens is 253 g/mol. The number of rotatable bonds is 6. The van der Waals surface area contributed by atoms with Crippen LogP contribution in [0.15, 0.2) is 18.2 Å². The number of hydrogen-bond acceptors (Lipinski definition) is 3. The zero-order valence-electron chi connectivity index (χ0n) is 10.2. The van der Waals surface area contributed by atoms with Crippen LogP contribution in [0.3, 0.4) is 0 Å². The highest BCUT2D eigenvalue weighted by molar-refractivity contribution is 5.88. The minimum atomic E-state index is -1.25. The lowest BCUT2D eigenvalue weighted by Crippen LogP contribution is -2.30. The molecule has 5 nitrogen and oxygen atoms in total. The third kappa shape index (κ3) is 4.24. The molecule has 1 aromatic rings. The van der Waals surface area contributed by atoms with Gasteiger partial charge >= 0.3 is 5.97 Å². The number of carboxylic acid groups (broad SMARTS) is 1. The summed E-state index contributed by atoms with van der Waals surface area (Å²) < 4.78 is 18.2. The predicted octanol–water partition coefficient (Wildman–Crippen LogP) is 1.43. The molecule has 0 unspecified atom stereocenters. The highest BCUT2D eigenvalue weighted by Crippen LogP contribution is 2.27. The van der Waals surface area contributed by atoms with Gasteiger partial charge in [-0.15, -0.1) is 0 Å². The summed E-state index contributed by atoms with van der Waals surface area (Å²) in [4.78, 5) is 22.1. The van der Waals surface area contributed by atoms with Gasteiger partial charge in [-0.3, -0.25) is 4.79 Å². The Hall–Kier alpha value is -2.11. The normalized spacial score (nSPS) is 13.9. The second kappa shape index (κ2) is 5.69. The molecule has 6 heteroatoms. The van der Waals surface area contributed by atoms with E-state index in [-0.39, 0.29) is 23.8 Å². The Labute approximate surface area is 109 Å². The molecule has 1 aromatic carbocycles. The number of amides is 1. The molecular formula is C13H14FNO4. The zero-order chi connectivity index (χ0) is 13.8. The van der Waals surface area contributed by atoms with Crippen molar-refractivity contribution in [3.8, 4) is 5.75 Å².